The number of rotatable bonds is 1. The van der Waals surface area contributed by atoms with Gasteiger partial charge in [0.25, 0.3) is 0 Å². The highest BCUT2D eigenvalue weighted by molar-refractivity contribution is 9.10. The Labute approximate surface area is 89.5 Å². The molecular formula is C10H8BrFN2. The van der Waals surface area contributed by atoms with Crippen LogP contribution in [0.4, 0.5) is 4.39 Å². The third-order valence-electron chi connectivity index (χ3n) is 1.93. The first-order valence-electron chi connectivity index (χ1n) is 4.14. The second kappa shape index (κ2) is 3.53. The average Bonchev–Trinajstić information content (AvgIpc) is 2.48. The van der Waals surface area contributed by atoms with Crippen LogP contribution in [0.1, 0.15) is 5.69 Å². The van der Waals surface area contributed by atoms with E-state index in [4.69, 9.17) is 0 Å². The van der Waals surface area contributed by atoms with Gasteiger partial charge in [0, 0.05) is 6.20 Å². The Bertz CT molecular complexity index is 428. The molecule has 2 nitrogen and oxygen atoms in total. The lowest BCUT2D eigenvalue weighted by Crippen LogP contribution is -1.94. The van der Waals surface area contributed by atoms with E-state index in [0.29, 0.717) is 0 Å². The summed E-state index contributed by atoms with van der Waals surface area (Å²) in [4.78, 5) is 0. The van der Waals surface area contributed by atoms with E-state index >= 15 is 0 Å². The number of nitrogens with zero attached hydrogens (tertiary/aromatic N) is 2. The number of aryl methyl sites for hydroxylation is 1. The minimum Gasteiger partial charge on any atom is -0.240 e. The summed E-state index contributed by atoms with van der Waals surface area (Å²) >= 11 is 3.37. The summed E-state index contributed by atoms with van der Waals surface area (Å²) in [7, 11) is 0. The molecule has 0 radical (unpaired) electrons. The molecule has 0 unspecified atom stereocenters. The Balaban J connectivity index is 2.44. The highest BCUT2D eigenvalue weighted by Crippen LogP contribution is 2.16. The van der Waals surface area contributed by atoms with Gasteiger partial charge in [0.05, 0.1) is 15.9 Å². The predicted octanol–water partition coefficient (Wildman–Crippen LogP) is 3.08. The van der Waals surface area contributed by atoms with Gasteiger partial charge in [0.2, 0.25) is 0 Å². The number of halogens is 2. The van der Waals surface area contributed by atoms with Crippen LogP contribution in [0, 0.1) is 12.7 Å². The Morgan fingerprint density at radius 1 is 1.29 bits per heavy atom. The van der Waals surface area contributed by atoms with Gasteiger partial charge in [-0.3, -0.25) is 0 Å². The molecule has 0 bridgehead atoms. The van der Waals surface area contributed by atoms with Crippen molar-refractivity contribution in [3.05, 3.63) is 46.4 Å². The minimum absolute atomic E-state index is 0.239. The lowest BCUT2D eigenvalue weighted by Gasteiger charge is -1.99. The number of hydrogen-bond acceptors (Lipinski definition) is 1. The van der Waals surface area contributed by atoms with Crippen molar-refractivity contribution < 1.29 is 4.39 Å². The van der Waals surface area contributed by atoms with E-state index in [1.165, 1.54) is 12.1 Å². The third-order valence-corrected chi connectivity index (χ3v) is 2.71. The van der Waals surface area contributed by atoms with Crippen molar-refractivity contribution in [2.24, 2.45) is 0 Å². The fourth-order valence-corrected chi connectivity index (χ4v) is 1.44. The van der Waals surface area contributed by atoms with E-state index < -0.39 is 0 Å². The van der Waals surface area contributed by atoms with E-state index in [-0.39, 0.29) is 5.82 Å². The van der Waals surface area contributed by atoms with Crippen molar-refractivity contribution in [1.82, 2.24) is 9.78 Å². The largest absolute Gasteiger partial charge is 0.240 e. The molecule has 0 saturated carbocycles. The van der Waals surface area contributed by atoms with Gasteiger partial charge >= 0.3 is 0 Å². The number of aromatic nitrogens is 2. The van der Waals surface area contributed by atoms with E-state index in [9.17, 15) is 4.39 Å². The monoisotopic (exact) mass is 254 g/mol. The summed E-state index contributed by atoms with van der Waals surface area (Å²) in [6.07, 6.45) is 1.85. The zero-order chi connectivity index (χ0) is 10.1. The summed E-state index contributed by atoms with van der Waals surface area (Å²) in [6.45, 7) is 1.91. The molecule has 0 N–H and O–H groups in total. The van der Waals surface area contributed by atoms with E-state index in [1.807, 2.05) is 13.1 Å². The molecule has 72 valence electrons. The normalized spacial score (nSPS) is 10.5. The molecule has 4 heteroatoms. The molecule has 2 aromatic rings. The standard InChI is InChI=1S/C10H8BrFN2/c1-7-10(11)6-14(13-7)9-4-2-8(12)3-5-9/h2-6H,1H3. The summed E-state index contributed by atoms with van der Waals surface area (Å²) in [5, 5.41) is 4.26. The number of benzene rings is 1. The maximum Gasteiger partial charge on any atom is 0.123 e. The van der Waals surface area contributed by atoms with Crippen molar-refractivity contribution in [2.45, 2.75) is 6.92 Å². The third kappa shape index (κ3) is 1.70. The molecular weight excluding hydrogens is 247 g/mol. The summed E-state index contributed by atoms with van der Waals surface area (Å²) in [5.41, 5.74) is 1.76. The van der Waals surface area contributed by atoms with E-state index in [2.05, 4.69) is 21.0 Å². The smallest absolute Gasteiger partial charge is 0.123 e. The molecule has 1 heterocycles. The zero-order valence-electron chi connectivity index (χ0n) is 7.54. The molecule has 0 spiro atoms. The first-order valence-corrected chi connectivity index (χ1v) is 4.94. The lowest BCUT2D eigenvalue weighted by atomic mass is 10.3. The molecule has 1 aromatic carbocycles. The summed E-state index contributed by atoms with van der Waals surface area (Å²) in [5.74, 6) is -0.239. The Morgan fingerprint density at radius 3 is 2.43 bits per heavy atom. The van der Waals surface area contributed by atoms with E-state index in [1.54, 1.807) is 16.8 Å². The van der Waals surface area contributed by atoms with Crippen molar-refractivity contribution in [1.29, 1.82) is 0 Å². The minimum atomic E-state index is -0.239. The second-order valence-corrected chi connectivity index (χ2v) is 3.84. The highest BCUT2D eigenvalue weighted by Gasteiger charge is 2.02. The average molecular weight is 255 g/mol. The maximum absolute atomic E-state index is 12.6. The molecule has 2 rings (SSSR count). The van der Waals surface area contributed by atoms with Gasteiger partial charge in [-0.1, -0.05) is 0 Å². The predicted molar refractivity (Wildman–Crippen MR) is 56.0 cm³/mol. The van der Waals surface area contributed by atoms with Crippen molar-refractivity contribution in [2.75, 3.05) is 0 Å². The quantitative estimate of drug-likeness (QED) is 0.765. The highest BCUT2D eigenvalue weighted by atomic mass is 79.9. The van der Waals surface area contributed by atoms with Crippen LogP contribution in [-0.4, -0.2) is 9.78 Å². The topological polar surface area (TPSA) is 17.8 Å². The van der Waals surface area contributed by atoms with Crippen LogP contribution in [0.15, 0.2) is 34.9 Å². The molecule has 0 amide bonds. The maximum atomic E-state index is 12.6. The second-order valence-electron chi connectivity index (χ2n) is 2.98. The van der Waals surface area contributed by atoms with Gasteiger partial charge in [-0.25, -0.2) is 9.07 Å². The Morgan fingerprint density at radius 2 is 1.93 bits per heavy atom. The summed E-state index contributed by atoms with van der Waals surface area (Å²) < 4.78 is 15.3. The van der Waals surface area contributed by atoms with Crippen LogP contribution in [0.25, 0.3) is 5.69 Å². The molecule has 0 atom stereocenters. The number of hydrogen-bond donors (Lipinski definition) is 0. The molecule has 0 saturated heterocycles. The SMILES string of the molecule is Cc1nn(-c2ccc(F)cc2)cc1Br. The molecule has 14 heavy (non-hydrogen) atoms. The van der Waals surface area contributed by atoms with Gasteiger partial charge in [0.1, 0.15) is 5.82 Å². The van der Waals surface area contributed by atoms with Crippen molar-refractivity contribution in [3.8, 4) is 5.69 Å². The molecule has 0 fully saturated rings. The van der Waals surface area contributed by atoms with Crippen LogP contribution in [0.5, 0.6) is 0 Å². The van der Waals surface area contributed by atoms with Crippen molar-refractivity contribution in [3.63, 3.8) is 0 Å². The van der Waals surface area contributed by atoms with E-state index in [0.717, 1.165) is 15.9 Å². The fourth-order valence-electron chi connectivity index (χ4n) is 1.17. The lowest BCUT2D eigenvalue weighted by molar-refractivity contribution is 0.627. The molecule has 1 aromatic heterocycles. The van der Waals surface area contributed by atoms with Gasteiger partial charge in [-0.2, -0.15) is 5.10 Å². The van der Waals surface area contributed by atoms with Gasteiger partial charge in [-0.05, 0) is 47.1 Å². The van der Waals surface area contributed by atoms with Crippen LogP contribution in [0.2, 0.25) is 0 Å². The summed E-state index contributed by atoms with van der Waals surface area (Å²) in [6, 6.07) is 6.21. The Kier molecular flexibility index (Phi) is 2.37. The van der Waals surface area contributed by atoms with Gasteiger partial charge in [0.15, 0.2) is 0 Å². The van der Waals surface area contributed by atoms with Crippen LogP contribution < -0.4 is 0 Å². The molecule has 0 aliphatic heterocycles. The van der Waals surface area contributed by atoms with Crippen LogP contribution >= 0.6 is 15.9 Å². The van der Waals surface area contributed by atoms with Gasteiger partial charge < -0.3 is 0 Å². The zero-order valence-corrected chi connectivity index (χ0v) is 9.12. The van der Waals surface area contributed by atoms with Crippen molar-refractivity contribution >= 4 is 15.9 Å². The van der Waals surface area contributed by atoms with Crippen LogP contribution in [0.3, 0.4) is 0 Å². The van der Waals surface area contributed by atoms with Crippen LogP contribution in [-0.2, 0) is 0 Å². The first-order chi connectivity index (χ1) is 6.66. The fraction of sp³-hybridized carbons (Fsp3) is 0.100. The Hall–Kier alpha value is -1.16. The molecule has 0 aliphatic carbocycles. The van der Waals surface area contributed by atoms with Gasteiger partial charge in [-0.15, -0.1) is 0 Å². The first kappa shape index (κ1) is 9.40. The molecule has 0 aliphatic rings.